The number of aromatic nitrogens is 1. The number of hydrogen-bond donors (Lipinski definition) is 0. The van der Waals surface area contributed by atoms with Crippen molar-refractivity contribution in [3.8, 4) is 11.9 Å². The number of ether oxygens (including phenoxy) is 1. The first-order valence-electron chi connectivity index (χ1n) is 3.82. The van der Waals surface area contributed by atoms with Crippen molar-refractivity contribution in [3.63, 3.8) is 0 Å². The highest BCUT2D eigenvalue weighted by Crippen LogP contribution is 2.07. The first-order valence-corrected chi connectivity index (χ1v) is 3.82. The average Bonchev–Trinajstić information content (AvgIpc) is 2.06. The van der Waals surface area contributed by atoms with Crippen LogP contribution in [0.5, 0.6) is 5.88 Å². The molecule has 0 aromatic carbocycles. The SMILES string of the molecule is CCOc1cccc(CC#N)n1. The maximum Gasteiger partial charge on any atom is 0.213 e. The van der Waals surface area contributed by atoms with E-state index in [2.05, 4.69) is 4.98 Å². The Morgan fingerprint density at radius 3 is 3.08 bits per heavy atom. The largest absolute Gasteiger partial charge is 0.478 e. The fraction of sp³-hybridized carbons (Fsp3) is 0.333. The Balaban J connectivity index is 2.75. The van der Waals surface area contributed by atoms with Crippen LogP contribution in [-0.2, 0) is 6.42 Å². The Morgan fingerprint density at radius 2 is 2.42 bits per heavy atom. The van der Waals surface area contributed by atoms with Crippen LogP contribution >= 0.6 is 0 Å². The van der Waals surface area contributed by atoms with Crippen molar-refractivity contribution in [3.05, 3.63) is 23.9 Å². The third kappa shape index (κ3) is 2.24. The van der Waals surface area contributed by atoms with E-state index in [0.29, 0.717) is 18.9 Å². The summed E-state index contributed by atoms with van der Waals surface area (Å²) in [5.74, 6) is 0.588. The zero-order valence-corrected chi connectivity index (χ0v) is 6.95. The van der Waals surface area contributed by atoms with Gasteiger partial charge in [0.1, 0.15) is 0 Å². The molecule has 0 spiro atoms. The van der Waals surface area contributed by atoms with Gasteiger partial charge in [-0.1, -0.05) is 6.07 Å². The van der Waals surface area contributed by atoms with Crippen LogP contribution in [0.3, 0.4) is 0 Å². The summed E-state index contributed by atoms with van der Waals surface area (Å²) < 4.78 is 5.17. The third-order valence-corrected chi connectivity index (χ3v) is 1.33. The van der Waals surface area contributed by atoms with E-state index in [9.17, 15) is 0 Å². The van der Waals surface area contributed by atoms with Gasteiger partial charge in [-0.3, -0.25) is 0 Å². The molecule has 1 rings (SSSR count). The second kappa shape index (κ2) is 4.35. The zero-order valence-electron chi connectivity index (χ0n) is 6.95. The molecule has 0 atom stereocenters. The average molecular weight is 162 g/mol. The van der Waals surface area contributed by atoms with Gasteiger partial charge in [0.2, 0.25) is 5.88 Å². The smallest absolute Gasteiger partial charge is 0.213 e. The molecule has 3 nitrogen and oxygen atoms in total. The van der Waals surface area contributed by atoms with Gasteiger partial charge >= 0.3 is 0 Å². The van der Waals surface area contributed by atoms with Crippen LogP contribution in [0.25, 0.3) is 0 Å². The highest BCUT2D eigenvalue weighted by atomic mass is 16.5. The van der Waals surface area contributed by atoms with Gasteiger partial charge in [-0.2, -0.15) is 5.26 Å². The third-order valence-electron chi connectivity index (χ3n) is 1.33. The lowest BCUT2D eigenvalue weighted by Gasteiger charge is -2.01. The minimum absolute atomic E-state index is 0.334. The Morgan fingerprint density at radius 1 is 1.58 bits per heavy atom. The van der Waals surface area contributed by atoms with Crippen molar-refractivity contribution < 1.29 is 4.74 Å². The molecule has 1 heterocycles. The molecule has 0 amide bonds. The predicted molar refractivity (Wildman–Crippen MR) is 44.7 cm³/mol. The number of hydrogen-bond acceptors (Lipinski definition) is 3. The van der Waals surface area contributed by atoms with E-state index in [1.807, 2.05) is 25.1 Å². The van der Waals surface area contributed by atoms with E-state index in [-0.39, 0.29) is 0 Å². The minimum atomic E-state index is 0.334. The van der Waals surface area contributed by atoms with E-state index in [0.717, 1.165) is 5.69 Å². The van der Waals surface area contributed by atoms with E-state index in [1.54, 1.807) is 6.07 Å². The molecule has 1 aromatic rings. The molecular weight excluding hydrogens is 152 g/mol. The van der Waals surface area contributed by atoms with Crippen LogP contribution in [0.4, 0.5) is 0 Å². The van der Waals surface area contributed by atoms with Gasteiger partial charge in [0.15, 0.2) is 0 Å². The summed E-state index contributed by atoms with van der Waals surface area (Å²) in [7, 11) is 0. The molecule has 0 unspecified atom stereocenters. The molecule has 0 saturated heterocycles. The van der Waals surface area contributed by atoms with Crippen LogP contribution in [0, 0.1) is 11.3 Å². The molecule has 1 aromatic heterocycles. The second-order valence-electron chi connectivity index (χ2n) is 2.24. The van der Waals surface area contributed by atoms with Gasteiger partial charge < -0.3 is 4.74 Å². The lowest BCUT2D eigenvalue weighted by atomic mass is 10.3. The van der Waals surface area contributed by atoms with Crippen LogP contribution in [0.2, 0.25) is 0 Å². The van der Waals surface area contributed by atoms with Crippen LogP contribution in [-0.4, -0.2) is 11.6 Å². The lowest BCUT2D eigenvalue weighted by Crippen LogP contribution is -1.96. The summed E-state index contributed by atoms with van der Waals surface area (Å²) in [6.45, 7) is 2.50. The summed E-state index contributed by atoms with van der Waals surface area (Å²) in [6, 6.07) is 7.47. The van der Waals surface area contributed by atoms with E-state index >= 15 is 0 Å². The molecule has 3 heteroatoms. The summed E-state index contributed by atoms with van der Waals surface area (Å²) >= 11 is 0. The molecule has 0 saturated carbocycles. The van der Waals surface area contributed by atoms with Crippen molar-refractivity contribution in [2.75, 3.05) is 6.61 Å². The van der Waals surface area contributed by atoms with E-state index in [4.69, 9.17) is 10.00 Å². The summed E-state index contributed by atoms with van der Waals surface area (Å²) in [5, 5.41) is 8.41. The standard InChI is InChI=1S/C9H10N2O/c1-2-12-9-5-3-4-8(11-9)6-7-10/h3-5H,2,6H2,1H3. The minimum Gasteiger partial charge on any atom is -0.478 e. The molecule has 0 fully saturated rings. The Bertz CT molecular complexity index is 291. The lowest BCUT2D eigenvalue weighted by molar-refractivity contribution is 0.326. The van der Waals surface area contributed by atoms with Gasteiger partial charge in [-0.15, -0.1) is 0 Å². The quantitative estimate of drug-likeness (QED) is 0.677. The van der Waals surface area contributed by atoms with E-state index < -0.39 is 0 Å². The van der Waals surface area contributed by atoms with Crippen molar-refractivity contribution in [1.82, 2.24) is 4.98 Å². The number of rotatable bonds is 3. The highest BCUT2D eigenvalue weighted by molar-refractivity contribution is 5.17. The van der Waals surface area contributed by atoms with Crippen molar-refractivity contribution >= 4 is 0 Å². The summed E-state index contributed by atoms with van der Waals surface area (Å²) in [4.78, 5) is 4.11. The van der Waals surface area contributed by atoms with Crippen molar-refractivity contribution in [2.24, 2.45) is 0 Å². The molecule has 0 radical (unpaired) electrons. The molecule has 62 valence electrons. The van der Waals surface area contributed by atoms with Gasteiger partial charge in [0, 0.05) is 6.07 Å². The second-order valence-corrected chi connectivity index (χ2v) is 2.24. The zero-order chi connectivity index (χ0) is 8.81. The monoisotopic (exact) mass is 162 g/mol. The van der Waals surface area contributed by atoms with Crippen molar-refractivity contribution in [1.29, 1.82) is 5.26 Å². The highest BCUT2D eigenvalue weighted by Gasteiger charge is 1.95. The van der Waals surface area contributed by atoms with Gasteiger partial charge in [-0.05, 0) is 13.0 Å². The molecule has 12 heavy (non-hydrogen) atoms. The maximum atomic E-state index is 8.41. The van der Waals surface area contributed by atoms with Crippen LogP contribution < -0.4 is 4.74 Å². The Labute approximate surface area is 71.6 Å². The molecule has 0 aliphatic carbocycles. The number of nitrogens with zero attached hydrogens (tertiary/aromatic N) is 2. The van der Waals surface area contributed by atoms with Gasteiger partial charge in [0.05, 0.1) is 24.8 Å². The van der Waals surface area contributed by atoms with Crippen LogP contribution in [0.15, 0.2) is 18.2 Å². The normalized spacial score (nSPS) is 9.00. The van der Waals surface area contributed by atoms with Gasteiger partial charge in [0.25, 0.3) is 0 Å². The molecule has 0 bridgehead atoms. The summed E-state index contributed by atoms with van der Waals surface area (Å²) in [6.07, 6.45) is 0.334. The number of nitriles is 1. The Hall–Kier alpha value is -1.56. The first kappa shape index (κ1) is 8.54. The van der Waals surface area contributed by atoms with Gasteiger partial charge in [-0.25, -0.2) is 4.98 Å². The molecular formula is C9H10N2O. The van der Waals surface area contributed by atoms with E-state index in [1.165, 1.54) is 0 Å². The maximum absolute atomic E-state index is 8.41. The first-order chi connectivity index (χ1) is 5.86. The topological polar surface area (TPSA) is 45.9 Å². The number of pyridine rings is 1. The molecule has 0 aliphatic heterocycles. The van der Waals surface area contributed by atoms with Crippen LogP contribution in [0.1, 0.15) is 12.6 Å². The fourth-order valence-electron chi connectivity index (χ4n) is 0.865. The Kier molecular flexibility index (Phi) is 3.09. The fourth-order valence-corrected chi connectivity index (χ4v) is 0.865. The van der Waals surface area contributed by atoms with Crippen molar-refractivity contribution in [2.45, 2.75) is 13.3 Å². The molecule has 0 aliphatic rings. The molecule has 0 N–H and O–H groups in total. The predicted octanol–water partition coefficient (Wildman–Crippen LogP) is 1.55. The summed E-state index contributed by atoms with van der Waals surface area (Å²) in [5.41, 5.74) is 0.753.